The molecule has 0 radical (unpaired) electrons. The number of amides is 1. The molecule has 1 amide bonds. The summed E-state index contributed by atoms with van der Waals surface area (Å²) in [6.45, 7) is 3.03. The second kappa shape index (κ2) is 6.55. The van der Waals surface area contributed by atoms with Crippen LogP contribution in [0.4, 0.5) is 0 Å². The number of carbonyl (C=O) groups excluding carboxylic acids is 1. The molecule has 4 aromatic rings. The molecule has 1 aliphatic heterocycles. The maximum atomic E-state index is 12.5. The van der Waals surface area contributed by atoms with Crippen molar-refractivity contribution in [3.63, 3.8) is 0 Å². The molecule has 10 heteroatoms. The molecule has 0 bridgehead atoms. The zero-order chi connectivity index (χ0) is 19.1. The van der Waals surface area contributed by atoms with Gasteiger partial charge in [-0.05, 0) is 38.0 Å². The first kappa shape index (κ1) is 16.6. The molecule has 28 heavy (non-hydrogen) atoms. The van der Waals surface area contributed by atoms with E-state index in [2.05, 4.69) is 25.6 Å². The van der Waals surface area contributed by atoms with Crippen molar-refractivity contribution in [2.24, 2.45) is 0 Å². The number of aromatic nitrogens is 7. The predicted molar refractivity (Wildman–Crippen MR) is 97.0 cm³/mol. The molecule has 0 atom stereocenters. The Morgan fingerprint density at radius 1 is 1.21 bits per heavy atom. The van der Waals surface area contributed by atoms with Gasteiger partial charge in [0.25, 0.3) is 5.91 Å². The van der Waals surface area contributed by atoms with Crippen LogP contribution in [0.15, 0.2) is 41.2 Å². The number of nitrogens with zero attached hydrogens (tertiary/aromatic N) is 8. The number of hydrogen-bond acceptors (Lipinski definition) is 7. The van der Waals surface area contributed by atoms with Crippen molar-refractivity contribution in [2.75, 3.05) is 13.1 Å². The molecule has 10 nitrogen and oxygen atoms in total. The van der Waals surface area contributed by atoms with Gasteiger partial charge < -0.3 is 9.42 Å². The van der Waals surface area contributed by atoms with Gasteiger partial charge in [-0.3, -0.25) is 4.79 Å². The lowest BCUT2D eigenvalue weighted by atomic mass is 9.96. The Morgan fingerprint density at radius 2 is 2.07 bits per heavy atom. The minimum absolute atomic E-state index is 0.0968. The fourth-order valence-corrected chi connectivity index (χ4v) is 3.55. The molecule has 0 N–H and O–H groups in total. The van der Waals surface area contributed by atoms with Crippen LogP contribution in [0.3, 0.4) is 0 Å². The predicted octanol–water partition coefficient (Wildman–Crippen LogP) is 1.63. The van der Waals surface area contributed by atoms with E-state index in [1.807, 2.05) is 24.4 Å². The van der Waals surface area contributed by atoms with Crippen LogP contribution in [0.2, 0.25) is 0 Å². The van der Waals surface area contributed by atoms with E-state index >= 15 is 0 Å². The van der Waals surface area contributed by atoms with Gasteiger partial charge in [0, 0.05) is 37.5 Å². The number of fused-ring (bicyclic) bond motifs is 1. The highest BCUT2D eigenvalue weighted by atomic mass is 16.5. The van der Waals surface area contributed by atoms with Crippen LogP contribution in [0, 0.1) is 6.92 Å². The first-order valence-corrected chi connectivity index (χ1v) is 9.14. The van der Waals surface area contributed by atoms with Crippen molar-refractivity contribution in [3.8, 4) is 5.82 Å². The maximum Gasteiger partial charge on any atom is 0.276 e. The number of likely N-dealkylation sites (tertiary alicyclic amines) is 1. The van der Waals surface area contributed by atoms with E-state index in [1.54, 1.807) is 33.3 Å². The summed E-state index contributed by atoms with van der Waals surface area (Å²) >= 11 is 0. The van der Waals surface area contributed by atoms with Gasteiger partial charge in [-0.2, -0.15) is 9.61 Å². The molecule has 4 aromatic heterocycles. The topological polar surface area (TPSA) is 107 Å². The van der Waals surface area contributed by atoms with Gasteiger partial charge in [0.15, 0.2) is 23.0 Å². The second-order valence-electron chi connectivity index (χ2n) is 6.86. The van der Waals surface area contributed by atoms with Gasteiger partial charge in [-0.15, -0.1) is 15.3 Å². The first-order valence-electron chi connectivity index (χ1n) is 9.14. The van der Waals surface area contributed by atoms with Crippen LogP contribution in [0.5, 0.6) is 0 Å². The summed E-state index contributed by atoms with van der Waals surface area (Å²) in [6, 6.07) is 7.26. The van der Waals surface area contributed by atoms with Crippen LogP contribution in [-0.4, -0.2) is 58.6 Å². The highest BCUT2D eigenvalue weighted by Gasteiger charge is 2.29. The van der Waals surface area contributed by atoms with Crippen LogP contribution >= 0.6 is 0 Å². The molecule has 1 aliphatic rings. The van der Waals surface area contributed by atoms with Crippen LogP contribution in [-0.2, 0) is 0 Å². The maximum absolute atomic E-state index is 12.5. The van der Waals surface area contributed by atoms with E-state index in [9.17, 15) is 4.79 Å². The Balaban J connectivity index is 1.35. The van der Waals surface area contributed by atoms with Crippen molar-refractivity contribution in [1.29, 1.82) is 0 Å². The van der Waals surface area contributed by atoms with Gasteiger partial charge in [0.2, 0.25) is 0 Å². The van der Waals surface area contributed by atoms with Crippen molar-refractivity contribution >= 4 is 11.6 Å². The molecule has 0 aliphatic carbocycles. The largest absolute Gasteiger partial charge is 0.361 e. The molecule has 5 heterocycles. The van der Waals surface area contributed by atoms with Crippen molar-refractivity contribution in [3.05, 3.63) is 53.9 Å². The smallest absolute Gasteiger partial charge is 0.276 e. The minimum Gasteiger partial charge on any atom is -0.361 e. The number of aryl methyl sites for hydroxylation is 1. The Bertz CT molecular complexity index is 1120. The third-order valence-corrected chi connectivity index (χ3v) is 5.01. The number of carbonyl (C=O) groups is 1. The molecular weight excluding hydrogens is 360 g/mol. The lowest BCUT2D eigenvalue weighted by Crippen LogP contribution is -2.38. The minimum atomic E-state index is -0.0968. The summed E-state index contributed by atoms with van der Waals surface area (Å²) in [7, 11) is 0. The van der Waals surface area contributed by atoms with Gasteiger partial charge in [0.05, 0.1) is 0 Å². The summed E-state index contributed by atoms with van der Waals surface area (Å²) in [6.07, 6.45) is 5.13. The monoisotopic (exact) mass is 378 g/mol. The van der Waals surface area contributed by atoms with Gasteiger partial charge in [-0.25, -0.2) is 4.68 Å². The SMILES string of the molecule is Cc1cc(C(=O)N2CCC(c3nnc4ccc(-n5cccn5)nn34)CC2)no1. The summed E-state index contributed by atoms with van der Waals surface area (Å²) < 4.78 is 8.49. The molecule has 1 saturated heterocycles. The molecule has 5 rings (SSSR count). The van der Waals surface area contributed by atoms with E-state index in [0.29, 0.717) is 36.0 Å². The quantitative estimate of drug-likeness (QED) is 0.533. The number of hydrogen-bond donors (Lipinski definition) is 0. The zero-order valence-electron chi connectivity index (χ0n) is 15.3. The van der Waals surface area contributed by atoms with Crippen molar-refractivity contribution in [1.82, 2.24) is 39.6 Å². The summed E-state index contributed by atoms with van der Waals surface area (Å²) in [5.41, 5.74) is 1.05. The highest BCUT2D eigenvalue weighted by molar-refractivity contribution is 5.92. The van der Waals surface area contributed by atoms with Gasteiger partial charge in [0.1, 0.15) is 5.76 Å². The lowest BCUT2D eigenvalue weighted by Gasteiger charge is -2.30. The average Bonchev–Trinajstić information content (AvgIpc) is 3.47. The van der Waals surface area contributed by atoms with Crippen LogP contribution in [0.1, 0.15) is 40.8 Å². The van der Waals surface area contributed by atoms with E-state index in [4.69, 9.17) is 4.52 Å². The van der Waals surface area contributed by atoms with E-state index < -0.39 is 0 Å². The molecule has 0 unspecified atom stereocenters. The van der Waals surface area contributed by atoms with Gasteiger partial charge in [-0.1, -0.05) is 5.16 Å². The molecule has 1 fully saturated rings. The Hall–Kier alpha value is -3.56. The fraction of sp³-hybridized carbons (Fsp3) is 0.333. The van der Waals surface area contributed by atoms with E-state index in [1.165, 1.54) is 0 Å². The Labute approximate surface area is 159 Å². The van der Waals surface area contributed by atoms with E-state index in [-0.39, 0.29) is 11.8 Å². The summed E-state index contributed by atoms with van der Waals surface area (Å²) in [5.74, 6) is 2.23. The first-order chi connectivity index (χ1) is 13.7. The third kappa shape index (κ3) is 2.82. The van der Waals surface area contributed by atoms with Crippen molar-refractivity contribution in [2.45, 2.75) is 25.7 Å². The lowest BCUT2D eigenvalue weighted by molar-refractivity contribution is 0.0700. The standard InChI is InChI=1S/C18H18N8O2/c1-12-11-14(23-28-12)18(27)24-9-5-13(6-10-24)17-21-20-15-3-4-16(22-26(15)17)25-8-2-7-19-25/h2-4,7-8,11,13H,5-6,9-10H2,1H3. The zero-order valence-corrected chi connectivity index (χ0v) is 15.3. The summed E-state index contributed by atoms with van der Waals surface area (Å²) in [5, 5.41) is 21.3. The third-order valence-electron chi connectivity index (χ3n) is 5.01. The molecular formula is C18H18N8O2. The summed E-state index contributed by atoms with van der Waals surface area (Å²) in [4.78, 5) is 14.3. The highest BCUT2D eigenvalue weighted by Crippen LogP contribution is 2.27. The fourth-order valence-electron chi connectivity index (χ4n) is 3.55. The average molecular weight is 378 g/mol. The van der Waals surface area contributed by atoms with Crippen LogP contribution in [0.25, 0.3) is 11.5 Å². The Morgan fingerprint density at radius 3 is 2.79 bits per heavy atom. The second-order valence-corrected chi connectivity index (χ2v) is 6.86. The number of rotatable bonds is 3. The van der Waals surface area contributed by atoms with E-state index in [0.717, 1.165) is 18.7 Å². The molecule has 0 aromatic carbocycles. The van der Waals surface area contributed by atoms with Crippen molar-refractivity contribution < 1.29 is 9.32 Å². The molecule has 0 saturated carbocycles. The molecule has 142 valence electrons. The van der Waals surface area contributed by atoms with Gasteiger partial charge >= 0.3 is 0 Å². The Kier molecular flexibility index (Phi) is 3.89. The normalized spacial score (nSPS) is 15.4. The molecule has 0 spiro atoms. The number of piperidine rings is 1. The van der Waals surface area contributed by atoms with Crippen LogP contribution < -0.4 is 0 Å².